The lowest BCUT2D eigenvalue weighted by molar-refractivity contribution is -0.159. The zero-order valence-electron chi connectivity index (χ0n) is 17.4. The number of piperidine rings is 1. The molecule has 1 aromatic carbocycles. The van der Waals surface area contributed by atoms with Crippen molar-refractivity contribution in [1.82, 2.24) is 4.90 Å². The molecule has 30 heavy (non-hydrogen) atoms. The van der Waals surface area contributed by atoms with Crippen LogP contribution < -0.4 is 0 Å². The predicted molar refractivity (Wildman–Crippen MR) is 105 cm³/mol. The number of ketones is 1. The van der Waals surface area contributed by atoms with Crippen molar-refractivity contribution in [3.8, 4) is 0 Å². The summed E-state index contributed by atoms with van der Waals surface area (Å²) < 4.78 is 9.77. The second-order valence-electron chi connectivity index (χ2n) is 8.18. The number of aliphatic hydroxyl groups excluding tert-OH is 1. The molecule has 4 atom stereocenters. The van der Waals surface area contributed by atoms with Gasteiger partial charge in [0.15, 0.2) is 12.5 Å². The van der Waals surface area contributed by atoms with Crippen LogP contribution in [-0.2, 0) is 19.1 Å². The lowest BCUT2D eigenvalue weighted by Gasteiger charge is -2.39. The molecule has 1 aromatic rings. The first kappa shape index (κ1) is 22.0. The average Bonchev–Trinajstić information content (AvgIpc) is 2.69. The number of carbonyl (C=O) groups excluding carboxylic acids is 4. The summed E-state index contributed by atoms with van der Waals surface area (Å²) in [5, 5.41) is 10.9. The van der Waals surface area contributed by atoms with Crippen LogP contribution in [0.1, 0.15) is 62.1 Å². The summed E-state index contributed by atoms with van der Waals surface area (Å²) in [6.45, 7) is 4.62. The molecule has 1 heterocycles. The van der Waals surface area contributed by atoms with Gasteiger partial charge in [0.2, 0.25) is 11.8 Å². The summed E-state index contributed by atoms with van der Waals surface area (Å²) in [6.07, 6.45) is -1.63. The number of aliphatic hydroxyl groups is 1. The first-order chi connectivity index (χ1) is 14.2. The van der Waals surface area contributed by atoms with Gasteiger partial charge in [-0.3, -0.25) is 14.4 Å². The third-order valence-corrected chi connectivity index (χ3v) is 5.91. The lowest BCUT2D eigenvalue weighted by atomic mass is 9.69. The summed E-state index contributed by atoms with van der Waals surface area (Å²) in [4.78, 5) is 50.3. The molecule has 3 rings (SSSR count). The summed E-state index contributed by atoms with van der Waals surface area (Å²) in [6, 6.07) is 6.94. The zero-order valence-corrected chi connectivity index (χ0v) is 17.4. The molecular formula is C22H27NO7. The van der Waals surface area contributed by atoms with E-state index in [1.165, 1.54) is 0 Å². The van der Waals surface area contributed by atoms with Gasteiger partial charge < -0.3 is 14.6 Å². The molecule has 0 aromatic heterocycles. The number of benzene rings is 1. The second-order valence-corrected chi connectivity index (χ2v) is 8.18. The molecule has 0 saturated carbocycles. The molecule has 1 aliphatic heterocycles. The highest BCUT2D eigenvalue weighted by molar-refractivity contribution is 6.00. The Bertz CT molecular complexity index is 850. The smallest absolute Gasteiger partial charge is 0.432 e. The maximum Gasteiger partial charge on any atom is 0.510 e. The van der Waals surface area contributed by atoms with Crippen LogP contribution in [-0.4, -0.2) is 46.6 Å². The Hall–Kier alpha value is -2.74. The van der Waals surface area contributed by atoms with Crippen molar-refractivity contribution in [2.75, 3.05) is 6.73 Å². The van der Waals surface area contributed by atoms with E-state index in [0.29, 0.717) is 17.5 Å². The molecule has 1 fully saturated rings. The first-order valence-corrected chi connectivity index (χ1v) is 10.2. The molecule has 8 nitrogen and oxygen atoms in total. The molecule has 4 unspecified atom stereocenters. The van der Waals surface area contributed by atoms with Crippen molar-refractivity contribution < 1.29 is 33.8 Å². The van der Waals surface area contributed by atoms with E-state index in [9.17, 15) is 24.3 Å². The van der Waals surface area contributed by atoms with Gasteiger partial charge in [0.25, 0.3) is 0 Å². The number of hydrogen-bond donors (Lipinski definition) is 1. The van der Waals surface area contributed by atoms with Crippen LogP contribution in [0.25, 0.3) is 0 Å². The van der Waals surface area contributed by atoms with Gasteiger partial charge in [-0.05, 0) is 37.7 Å². The molecule has 1 aliphatic carbocycles. The van der Waals surface area contributed by atoms with Gasteiger partial charge in [-0.25, -0.2) is 9.69 Å². The summed E-state index contributed by atoms with van der Waals surface area (Å²) in [5.74, 6) is -2.30. The molecule has 2 amide bonds. The fraction of sp³-hybridized carbons (Fsp3) is 0.545. The Morgan fingerprint density at radius 3 is 2.60 bits per heavy atom. The highest BCUT2D eigenvalue weighted by Gasteiger charge is 2.44. The van der Waals surface area contributed by atoms with Gasteiger partial charge in [-0.15, -0.1) is 0 Å². The maximum atomic E-state index is 13.0. The third-order valence-electron chi connectivity index (χ3n) is 5.91. The topological polar surface area (TPSA) is 110 Å². The van der Waals surface area contributed by atoms with Gasteiger partial charge in [-0.1, -0.05) is 31.2 Å². The molecular weight excluding hydrogens is 390 g/mol. The van der Waals surface area contributed by atoms with Gasteiger partial charge >= 0.3 is 6.16 Å². The van der Waals surface area contributed by atoms with Gasteiger partial charge in [-0.2, -0.15) is 0 Å². The van der Waals surface area contributed by atoms with Crippen LogP contribution in [0, 0.1) is 17.8 Å². The largest absolute Gasteiger partial charge is 0.510 e. The highest BCUT2D eigenvalue weighted by atomic mass is 16.7. The minimum atomic E-state index is -0.953. The van der Waals surface area contributed by atoms with E-state index in [4.69, 9.17) is 9.47 Å². The number of carbonyl (C=O) groups is 4. The number of likely N-dealkylation sites (tertiary alicyclic amines) is 1. The van der Waals surface area contributed by atoms with E-state index in [1.807, 2.05) is 6.92 Å². The van der Waals surface area contributed by atoms with Crippen molar-refractivity contribution in [2.45, 2.75) is 52.2 Å². The van der Waals surface area contributed by atoms with E-state index < -0.39 is 42.6 Å². The Morgan fingerprint density at radius 2 is 1.90 bits per heavy atom. The fourth-order valence-corrected chi connectivity index (χ4v) is 4.27. The van der Waals surface area contributed by atoms with Crippen LogP contribution in [0.4, 0.5) is 4.79 Å². The first-order valence-electron chi connectivity index (χ1n) is 10.2. The number of nitrogens with zero attached hydrogens (tertiary/aromatic N) is 1. The Kier molecular flexibility index (Phi) is 6.55. The van der Waals surface area contributed by atoms with Crippen molar-refractivity contribution in [3.63, 3.8) is 0 Å². The van der Waals surface area contributed by atoms with Crippen LogP contribution in [0.15, 0.2) is 24.3 Å². The van der Waals surface area contributed by atoms with E-state index >= 15 is 0 Å². The molecule has 2 aliphatic rings. The van der Waals surface area contributed by atoms with E-state index in [-0.39, 0.29) is 30.6 Å². The van der Waals surface area contributed by atoms with Crippen LogP contribution in [0.2, 0.25) is 0 Å². The van der Waals surface area contributed by atoms with E-state index in [1.54, 1.807) is 38.1 Å². The number of hydrogen-bond acceptors (Lipinski definition) is 7. The SMILES string of the molecule is CC(C)OC(=O)OCN1C(=O)CCC(C(C)C2CC(=O)c3ccccc3C2O)C1=O. The molecule has 0 radical (unpaired) electrons. The zero-order chi connectivity index (χ0) is 22.0. The monoisotopic (exact) mass is 417 g/mol. The maximum absolute atomic E-state index is 13.0. The Balaban J connectivity index is 1.72. The summed E-state index contributed by atoms with van der Waals surface area (Å²) in [5.41, 5.74) is 1.08. The third kappa shape index (κ3) is 4.38. The number of fused-ring (bicyclic) bond motifs is 1. The lowest BCUT2D eigenvalue weighted by Crippen LogP contribution is -2.49. The Morgan fingerprint density at radius 1 is 1.20 bits per heavy atom. The van der Waals surface area contributed by atoms with Crippen LogP contribution in [0.3, 0.4) is 0 Å². The van der Waals surface area contributed by atoms with Crippen LogP contribution >= 0.6 is 0 Å². The molecule has 8 heteroatoms. The number of Topliss-reactive ketones (excluding diaryl/α,β-unsaturated/α-hetero) is 1. The molecule has 162 valence electrons. The quantitative estimate of drug-likeness (QED) is 0.579. The average molecular weight is 417 g/mol. The Labute approximate surface area is 175 Å². The van der Waals surface area contributed by atoms with Crippen LogP contribution in [0.5, 0.6) is 0 Å². The number of imide groups is 1. The van der Waals surface area contributed by atoms with Gasteiger partial charge in [0.05, 0.1) is 12.2 Å². The molecule has 0 spiro atoms. The van der Waals surface area contributed by atoms with Gasteiger partial charge in [0, 0.05) is 24.3 Å². The second kappa shape index (κ2) is 8.95. The van der Waals surface area contributed by atoms with Gasteiger partial charge in [0.1, 0.15) is 0 Å². The number of amides is 2. The normalized spacial score (nSPS) is 25.2. The molecule has 0 bridgehead atoms. The van der Waals surface area contributed by atoms with Crippen molar-refractivity contribution in [2.24, 2.45) is 17.8 Å². The summed E-state index contributed by atoms with van der Waals surface area (Å²) in [7, 11) is 0. The number of ether oxygens (including phenoxy) is 2. The van der Waals surface area contributed by atoms with Crippen molar-refractivity contribution in [1.29, 1.82) is 0 Å². The standard InChI is InChI=1S/C22H27NO7/c1-12(2)30-22(28)29-11-23-19(25)9-8-14(21(23)27)13(3)17-10-18(24)15-6-4-5-7-16(15)20(17)26/h4-7,12-14,17,20,26H,8-11H2,1-3H3. The minimum Gasteiger partial charge on any atom is -0.432 e. The highest BCUT2D eigenvalue weighted by Crippen LogP contribution is 2.43. The minimum absolute atomic E-state index is 0.0660. The van der Waals surface area contributed by atoms with Crippen molar-refractivity contribution in [3.05, 3.63) is 35.4 Å². The van der Waals surface area contributed by atoms with E-state index in [0.717, 1.165) is 4.90 Å². The molecule has 1 saturated heterocycles. The summed E-state index contributed by atoms with van der Waals surface area (Å²) >= 11 is 0. The number of rotatable bonds is 5. The van der Waals surface area contributed by atoms with E-state index in [2.05, 4.69) is 0 Å². The predicted octanol–water partition coefficient (Wildman–Crippen LogP) is 2.84. The molecule has 1 N–H and O–H groups in total. The fourth-order valence-electron chi connectivity index (χ4n) is 4.27. The van der Waals surface area contributed by atoms with Crippen molar-refractivity contribution >= 4 is 23.8 Å².